The Kier molecular flexibility index (Phi) is 8.22. The molecule has 1 aliphatic rings. The molecule has 4 rings (SSSR count). The fraction of sp³-hybridized carbons (Fsp3) is 0.296. The van der Waals surface area contributed by atoms with E-state index in [9.17, 15) is 9.90 Å². The summed E-state index contributed by atoms with van der Waals surface area (Å²) in [7, 11) is 0. The number of hydrogen-bond donors (Lipinski definition) is 2. The number of ether oxygens (including phenoxy) is 3. The molecule has 172 valence electrons. The second kappa shape index (κ2) is 11.7. The van der Waals surface area contributed by atoms with Crippen LogP contribution < -0.4 is 5.32 Å². The van der Waals surface area contributed by atoms with Crippen molar-refractivity contribution in [3.05, 3.63) is 108 Å². The van der Waals surface area contributed by atoms with E-state index in [0.717, 1.165) is 16.7 Å². The van der Waals surface area contributed by atoms with E-state index < -0.39 is 24.4 Å². The molecule has 6 nitrogen and oxygen atoms in total. The van der Waals surface area contributed by atoms with E-state index in [1.165, 1.54) is 0 Å². The van der Waals surface area contributed by atoms with Crippen molar-refractivity contribution in [2.75, 3.05) is 6.61 Å². The summed E-state index contributed by atoms with van der Waals surface area (Å²) >= 11 is 0. The van der Waals surface area contributed by atoms with E-state index in [1.807, 2.05) is 91.0 Å². The SMILES string of the molecule is O=C1N[C@H](CO)[C@@H](OCc2ccccc2)[C@H](OCc2ccccc2)[C@H]1OCc1ccccc1. The zero-order valence-corrected chi connectivity index (χ0v) is 18.4. The van der Waals surface area contributed by atoms with Crippen molar-refractivity contribution in [1.29, 1.82) is 0 Å². The summed E-state index contributed by atoms with van der Waals surface area (Å²) in [6, 6.07) is 28.6. The molecule has 0 bridgehead atoms. The lowest BCUT2D eigenvalue weighted by Crippen LogP contribution is -2.65. The third kappa shape index (κ3) is 6.27. The van der Waals surface area contributed by atoms with E-state index >= 15 is 0 Å². The Morgan fingerprint density at radius 3 is 1.52 bits per heavy atom. The summed E-state index contributed by atoms with van der Waals surface area (Å²) in [4.78, 5) is 12.9. The summed E-state index contributed by atoms with van der Waals surface area (Å²) < 4.78 is 18.5. The highest BCUT2D eigenvalue weighted by Crippen LogP contribution is 2.24. The van der Waals surface area contributed by atoms with Crippen molar-refractivity contribution in [3.8, 4) is 0 Å². The molecule has 4 atom stereocenters. The van der Waals surface area contributed by atoms with Gasteiger partial charge in [-0.25, -0.2) is 0 Å². The number of amides is 1. The molecule has 2 N–H and O–H groups in total. The maximum atomic E-state index is 12.9. The lowest BCUT2D eigenvalue weighted by molar-refractivity contribution is -0.190. The van der Waals surface area contributed by atoms with Crippen molar-refractivity contribution in [1.82, 2.24) is 5.32 Å². The maximum Gasteiger partial charge on any atom is 0.252 e. The predicted octanol–water partition coefficient (Wildman–Crippen LogP) is 3.23. The first-order valence-electron chi connectivity index (χ1n) is 11.1. The molecule has 1 fully saturated rings. The summed E-state index contributed by atoms with van der Waals surface area (Å²) in [6.07, 6.45) is -2.15. The maximum absolute atomic E-state index is 12.9. The molecule has 3 aromatic rings. The highest BCUT2D eigenvalue weighted by molar-refractivity contribution is 5.83. The standard InChI is InChI=1S/C27H29NO5/c29-16-23-24(31-17-20-10-4-1-5-11-20)25(32-18-21-12-6-2-7-13-21)26(27(30)28-23)33-19-22-14-8-3-9-15-22/h1-15,23-26,29H,16-19H2,(H,28,30)/t23-,24-,25+,26-/m1/s1. The topological polar surface area (TPSA) is 77.0 Å². The van der Waals surface area contributed by atoms with Crippen LogP contribution in [0.3, 0.4) is 0 Å². The molecule has 6 heteroatoms. The quantitative estimate of drug-likeness (QED) is 0.499. The number of rotatable bonds is 10. The van der Waals surface area contributed by atoms with Gasteiger partial charge in [-0.05, 0) is 16.7 Å². The molecule has 0 aliphatic carbocycles. The second-order valence-electron chi connectivity index (χ2n) is 8.04. The normalized spacial score (nSPS) is 22.6. The van der Waals surface area contributed by atoms with Crippen molar-refractivity contribution >= 4 is 5.91 Å². The molecule has 0 spiro atoms. The smallest absolute Gasteiger partial charge is 0.252 e. The van der Waals surface area contributed by atoms with Gasteiger partial charge in [-0.2, -0.15) is 0 Å². The Morgan fingerprint density at radius 1 is 0.636 bits per heavy atom. The van der Waals surface area contributed by atoms with Crippen LogP contribution in [0.1, 0.15) is 16.7 Å². The van der Waals surface area contributed by atoms with Crippen LogP contribution in [0.5, 0.6) is 0 Å². The Bertz CT molecular complexity index is 983. The van der Waals surface area contributed by atoms with Gasteiger partial charge in [0.15, 0.2) is 6.10 Å². The molecule has 1 aliphatic heterocycles. The largest absolute Gasteiger partial charge is 0.394 e. The van der Waals surface area contributed by atoms with Crippen LogP contribution in [0.15, 0.2) is 91.0 Å². The van der Waals surface area contributed by atoms with Gasteiger partial charge in [-0.3, -0.25) is 4.79 Å². The average Bonchev–Trinajstić information content (AvgIpc) is 2.87. The summed E-state index contributed by atoms with van der Waals surface area (Å²) in [5.74, 6) is -0.317. The van der Waals surface area contributed by atoms with Gasteiger partial charge >= 0.3 is 0 Å². The molecular formula is C27H29NO5. The molecule has 0 saturated carbocycles. The van der Waals surface area contributed by atoms with E-state index in [2.05, 4.69) is 5.32 Å². The van der Waals surface area contributed by atoms with E-state index in [4.69, 9.17) is 14.2 Å². The fourth-order valence-corrected chi connectivity index (χ4v) is 3.90. The average molecular weight is 448 g/mol. The minimum atomic E-state index is -0.877. The number of piperidine rings is 1. The Balaban J connectivity index is 1.54. The molecule has 0 aromatic heterocycles. The highest BCUT2D eigenvalue weighted by atomic mass is 16.6. The first-order valence-corrected chi connectivity index (χ1v) is 11.1. The summed E-state index contributed by atoms with van der Waals surface area (Å²) in [6.45, 7) is 0.628. The van der Waals surface area contributed by atoms with Gasteiger partial charge < -0.3 is 24.6 Å². The van der Waals surface area contributed by atoms with E-state index in [0.29, 0.717) is 13.2 Å². The van der Waals surface area contributed by atoms with Crippen LogP contribution in [0.2, 0.25) is 0 Å². The van der Waals surface area contributed by atoms with Gasteiger partial charge in [0.2, 0.25) is 0 Å². The Morgan fingerprint density at radius 2 is 1.06 bits per heavy atom. The van der Waals surface area contributed by atoms with Crippen LogP contribution in [0.4, 0.5) is 0 Å². The number of nitrogens with one attached hydrogen (secondary N) is 1. The second-order valence-corrected chi connectivity index (χ2v) is 8.04. The Labute approximate surface area is 194 Å². The summed E-state index contributed by atoms with van der Waals surface area (Å²) in [5.41, 5.74) is 2.93. The van der Waals surface area contributed by atoms with Crippen LogP contribution in [0, 0.1) is 0 Å². The fourth-order valence-electron chi connectivity index (χ4n) is 3.90. The van der Waals surface area contributed by atoms with Crippen LogP contribution in [0.25, 0.3) is 0 Å². The first-order chi connectivity index (χ1) is 16.2. The first kappa shape index (κ1) is 23.1. The number of aliphatic hydroxyl groups is 1. The molecule has 33 heavy (non-hydrogen) atoms. The number of hydrogen-bond acceptors (Lipinski definition) is 5. The Hall–Kier alpha value is -3.03. The molecule has 0 unspecified atom stereocenters. The van der Waals surface area contributed by atoms with Gasteiger partial charge in [0.05, 0.1) is 32.5 Å². The van der Waals surface area contributed by atoms with Crippen molar-refractivity contribution in [2.24, 2.45) is 0 Å². The third-order valence-corrected chi connectivity index (χ3v) is 5.64. The zero-order valence-electron chi connectivity index (χ0n) is 18.4. The minimum Gasteiger partial charge on any atom is -0.394 e. The minimum absolute atomic E-state index is 0.262. The molecule has 1 amide bonds. The van der Waals surface area contributed by atoms with Gasteiger partial charge in [-0.1, -0.05) is 91.0 Å². The van der Waals surface area contributed by atoms with Crippen molar-refractivity contribution in [3.63, 3.8) is 0 Å². The van der Waals surface area contributed by atoms with E-state index in [-0.39, 0.29) is 19.1 Å². The number of benzene rings is 3. The monoisotopic (exact) mass is 447 g/mol. The highest BCUT2D eigenvalue weighted by Gasteiger charge is 2.46. The summed E-state index contributed by atoms with van der Waals surface area (Å²) in [5, 5.41) is 12.8. The van der Waals surface area contributed by atoms with Gasteiger partial charge in [0.1, 0.15) is 12.2 Å². The lowest BCUT2D eigenvalue weighted by Gasteiger charge is -2.41. The van der Waals surface area contributed by atoms with E-state index in [1.54, 1.807) is 0 Å². The molecular weight excluding hydrogens is 418 g/mol. The zero-order chi connectivity index (χ0) is 22.9. The van der Waals surface area contributed by atoms with Crippen LogP contribution >= 0.6 is 0 Å². The number of carbonyl (C=O) groups excluding carboxylic acids is 1. The van der Waals surface area contributed by atoms with Gasteiger partial charge in [0, 0.05) is 0 Å². The van der Waals surface area contributed by atoms with Crippen LogP contribution in [-0.4, -0.2) is 42.0 Å². The number of aliphatic hydroxyl groups excluding tert-OH is 1. The third-order valence-electron chi connectivity index (χ3n) is 5.64. The molecule has 0 radical (unpaired) electrons. The number of carbonyl (C=O) groups is 1. The molecule has 1 saturated heterocycles. The predicted molar refractivity (Wildman–Crippen MR) is 124 cm³/mol. The lowest BCUT2D eigenvalue weighted by atomic mass is 9.94. The van der Waals surface area contributed by atoms with Gasteiger partial charge in [-0.15, -0.1) is 0 Å². The van der Waals surface area contributed by atoms with Crippen LogP contribution in [-0.2, 0) is 38.8 Å². The van der Waals surface area contributed by atoms with Crippen molar-refractivity contribution < 1.29 is 24.1 Å². The van der Waals surface area contributed by atoms with Gasteiger partial charge in [0.25, 0.3) is 5.91 Å². The van der Waals surface area contributed by atoms with Crippen molar-refractivity contribution in [2.45, 2.75) is 44.2 Å². The molecule has 1 heterocycles. The molecule has 3 aromatic carbocycles.